The van der Waals surface area contributed by atoms with E-state index in [0.29, 0.717) is 5.69 Å². The molecule has 0 aromatic carbocycles. The smallest absolute Gasteiger partial charge is 0.271 e. The first kappa shape index (κ1) is 13.5. The highest BCUT2D eigenvalue weighted by Crippen LogP contribution is 2.08. The molecule has 0 fully saturated rings. The van der Waals surface area contributed by atoms with E-state index in [-0.39, 0.29) is 18.6 Å². The topological polar surface area (TPSA) is 62.2 Å². The van der Waals surface area contributed by atoms with Crippen molar-refractivity contribution in [2.75, 3.05) is 18.6 Å². The summed E-state index contributed by atoms with van der Waals surface area (Å²) in [5, 5.41) is 14.5. The highest BCUT2D eigenvalue weighted by Gasteiger charge is 2.14. The van der Waals surface area contributed by atoms with Crippen LogP contribution in [0.5, 0.6) is 0 Å². The van der Waals surface area contributed by atoms with Crippen molar-refractivity contribution in [1.82, 2.24) is 10.3 Å². The summed E-state index contributed by atoms with van der Waals surface area (Å²) >= 11 is 3.14. The molecular weight excluding hydrogens is 244 g/mol. The van der Waals surface area contributed by atoms with E-state index in [0.717, 1.165) is 17.2 Å². The van der Waals surface area contributed by atoms with Crippen molar-refractivity contribution in [3.8, 4) is 0 Å². The van der Waals surface area contributed by atoms with E-state index in [1.165, 1.54) is 11.3 Å². The summed E-state index contributed by atoms with van der Waals surface area (Å²) in [7, 11) is 0. The largest absolute Gasteiger partial charge is 0.394 e. The molecule has 2 N–H and O–H groups in total. The van der Waals surface area contributed by atoms with Crippen LogP contribution in [0.25, 0.3) is 0 Å². The highest BCUT2D eigenvalue weighted by molar-refractivity contribution is 7.98. The van der Waals surface area contributed by atoms with Gasteiger partial charge < -0.3 is 10.4 Å². The average Bonchev–Trinajstić information content (AvgIpc) is 2.70. The zero-order chi connectivity index (χ0) is 12.0. The van der Waals surface area contributed by atoms with E-state index in [1.807, 2.05) is 13.2 Å². The molecule has 1 aromatic heterocycles. The second kappa shape index (κ2) is 6.88. The Morgan fingerprint density at radius 3 is 3.00 bits per heavy atom. The second-order valence-corrected chi connectivity index (χ2v) is 5.43. The maximum Gasteiger partial charge on any atom is 0.271 e. The number of aliphatic hydroxyl groups excluding tert-OH is 1. The Balaban J connectivity index is 2.48. The summed E-state index contributed by atoms with van der Waals surface area (Å²) < 4.78 is 0. The third kappa shape index (κ3) is 4.11. The lowest BCUT2D eigenvalue weighted by molar-refractivity contribution is 0.0911. The first-order valence-corrected chi connectivity index (χ1v) is 7.27. The second-order valence-electron chi connectivity index (χ2n) is 3.39. The number of thiazole rings is 1. The number of thioether (sulfide) groups is 1. The summed E-state index contributed by atoms with van der Waals surface area (Å²) in [6, 6.07) is -0.179. The maximum absolute atomic E-state index is 11.7. The molecule has 6 heteroatoms. The van der Waals surface area contributed by atoms with Gasteiger partial charge in [-0.3, -0.25) is 4.79 Å². The monoisotopic (exact) mass is 260 g/mol. The van der Waals surface area contributed by atoms with Crippen molar-refractivity contribution < 1.29 is 9.90 Å². The summed E-state index contributed by atoms with van der Waals surface area (Å²) in [4.78, 5) is 15.8. The molecule has 1 aromatic rings. The normalized spacial score (nSPS) is 12.4. The molecule has 0 saturated carbocycles. The van der Waals surface area contributed by atoms with Gasteiger partial charge in [0.05, 0.1) is 17.7 Å². The Kier molecular flexibility index (Phi) is 5.79. The number of hydrogen-bond acceptors (Lipinski definition) is 5. The summed E-state index contributed by atoms with van der Waals surface area (Å²) in [6.45, 7) is 1.83. The Hall–Kier alpha value is -0.590. The van der Waals surface area contributed by atoms with Crippen LogP contribution in [0.15, 0.2) is 5.38 Å². The van der Waals surface area contributed by atoms with Crippen molar-refractivity contribution in [2.45, 2.75) is 19.4 Å². The molecule has 90 valence electrons. The fourth-order valence-corrected chi connectivity index (χ4v) is 2.31. The quantitative estimate of drug-likeness (QED) is 0.809. The van der Waals surface area contributed by atoms with Crippen LogP contribution in [0.3, 0.4) is 0 Å². The number of nitrogens with one attached hydrogen (secondary N) is 1. The fraction of sp³-hybridized carbons (Fsp3) is 0.600. The Bertz CT molecular complexity index is 341. The summed E-state index contributed by atoms with van der Waals surface area (Å²) in [5.41, 5.74) is 0.435. The van der Waals surface area contributed by atoms with Gasteiger partial charge in [0.15, 0.2) is 0 Å². The van der Waals surface area contributed by atoms with Gasteiger partial charge in [-0.1, -0.05) is 0 Å². The molecule has 1 atom stereocenters. The number of aliphatic hydroxyl groups is 1. The van der Waals surface area contributed by atoms with Crippen molar-refractivity contribution in [1.29, 1.82) is 0 Å². The number of aromatic nitrogens is 1. The zero-order valence-electron chi connectivity index (χ0n) is 9.40. The third-order valence-electron chi connectivity index (χ3n) is 2.08. The molecule has 0 aliphatic heterocycles. The molecular formula is C10H16N2O2S2. The van der Waals surface area contributed by atoms with Gasteiger partial charge in [-0.25, -0.2) is 4.98 Å². The van der Waals surface area contributed by atoms with Crippen LogP contribution >= 0.6 is 23.1 Å². The molecule has 0 aliphatic rings. The van der Waals surface area contributed by atoms with Crippen LogP contribution in [-0.4, -0.2) is 40.7 Å². The van der Waals surface area contributed by atoms with E-state index >= 15 is 0 Å². The van der Waals surface area contributed by atoms with Gasteiger partial charge in [-0.15, -0.1) is 11.3 Å². The van der Waals surface area contributed by atoms with Crippen molar-refractivity contribution in [2.24, 2.45) is 0 Å². The predicted molar refractivity (Wildman–Crippen MR) is 68.2 cm³/mol. The number of carbonyl (C=O) groups excluding carboxylic acids is 1. The Morgan fingerprint density at radius 2 is 2.50 bits per heavy atom. The van der Waals surface area contributed by atoms with Gasteiger partial charge in [0.25, 0.3) is 5.91 Å². The molecule has 0 unspecified atom stereocenters. The van der Waals surface area contributed by atoms with Gasteiger partial charge in [0, 0.05) is 5.38 Å². The van der Waals surface area contributed by atoms with Crippen LogP contribution in [0.2, 0.25) is 0 Å². The van der Waals surface area contributed by atoms with Crippen LogP contribution in [0, 0.1) is 6.92 Å². The number of hydrogen-bond donors (Lipinski definition) is 2. The van der Waals surface area contributed by atoms with Crippen LogP contribution in [0.4, 0.5) is 0 Å². The van der Waals surface area contributed by atoms with Crippen LogP contribution in [-0.2, 0) is 0 Å². The highest BCUT2D eigenvalue weighted by atomic mass is 32.2. The van der Waals surface area contributed by atoms with E-state index in [2.05, 4.69) is 10.3 Å². The van der Waals surface area contributed by atoms with E-state index < -0.39 is 0 Å². The van der Waals surface area contributed by atoms with Crippen LogP contribution < -0.4 is 5.32 Å². The maximum atomic E-state index is 11.7. The summed E-state index contributed by atoms with van der Waals surface area (Å²) in [6.07, 6.45) is 2.77. The molecule has 1 rings (SSSR count). The molecule has 1 amide bonds. The van der Waals surface area contributed by atoms with Gasteiger partial charge >= 0.3 is 0 Å². The molecule has 0 bridgehead atoms. The van der Waals surface area contributed by atoms with Crippen molar-refractivity contribution >= 4 is 29.0 Å². The molecule has 16 heavy (non-hydrogen) atoms. The first-order valence-electron chi connectivity index (χ1n) is 5.00. The van der Waals surface area contributed by atoms with Gasteiger partial charge in [0.2, 0.25) is 0 Å². The van der Waals surface area contributed by atoms with Crippen LogP contribution in [0.1, 0.15) is 21.9 Å². The minimum atomic E-state index is -0.204. The number of carbonyl (C=O) groups is 1. The minimum absolute atomic E-state index is 0.0323. The molecule has 0 spiro atoms. The molecule has 1 heterocycles. The number of amides is 1. The van der Waals surface area contributed by atoms with Gasteiger partial charge in [0.1, 0.15) is 5.69 Å². The number of nitrogens with zero attached hydrogens (tertiary/aromatic N) is 1. The number of rotatable bonds is 6. The molecule has 0 saturated heterocycles. The van der Waals surface area contributed by atoms with Crippen molar-refractivity contribution in [3.05, 3.63) is 16.1 Å². The van der Waals surface area contributed by atoms with Gasteiger partial charge in [-0.05, 0) is 25.4 Å². The standard InChI is InChI=1S/C10H16N2O2S2/c1-7-11-9(6-16-7)10(14)12-8(5-13)3-4-15-2/h6,8,13H,3-5H2,1-2H3,(H,12,14)/t8-/m0/s1. The number of aryl methyl sites for hydroxylation is 1. The van der Waals surface area contributed by atoms with E-state index in [1.54, 1.807) is 17.1 Å². The molecule has 0 aliphatic carbocycles. The fourth-order valence-electron chi connectivity index (χ4n) is 1.20. The molecule has 4 nitrogen and oxygen atoms in total. The average molecular weight is 260 g/mol. The lowest BCUT2D eigenvalue weighted by Crippen LogP contribution is -2.38. The summed E-state index contributed by atoms with van der Waals surface area (Å²) in [5.74, 6) is 0.714. The zero-order valence-corrected chi connectivity index (χ0v) is 11.0. The Labute approximate surface area is 103 Å². The van der Waals surface area contributed by atoms with Crippen molar-refractivity contribution in [3.63, 3.8) is 0 Å². The molecule has 0 radical (unpaired) electrons. The van der Waals surface area contributed by atoms with E-state index in [4.69, 9.17) is 5.11 Å². The van der Waals surface area contributed by atoms with E-state index in [9.17, 15) is 4.79 Å². The van der Waals surface area contributed by atoms with Gasteiger partial charge in [-0.2, -0.15) is 11.8 Å². The predicted octanol–water partition coefficient (Wildman–Crippen LogP) is 1.30. The lowest BCUT2D eigenvalue weighted by Gasteiger charge is -2.14. The minimum Gasteiger partial charge on any atom is -0.394 e. The Morgan fingerprint density at radius 1 is 1.75 bits per heavy atom. The first-order chi connectivity index (χ1) is 7.67. The third-order valence-corrected chi connectivity index (χ3v) is 3.50. The lowest BCUT2D eigenvalue weighted by atomic mass is 10.2. The SMILES string of the molecule is CSCC[C@@H](CO)NC(=O)c1csc(C)n1.